The highest BCUT2D eigenvalue weighted by Crippen LogP contribution is 2.37. The van der Waals surface area contributed by atoms with Crippen molar-refractivity contribution in [3.05, 3.63) is 63.5 Å². The molecule has 1 N–H and O–H groups in total. The second-order valence-corrected chi connectivity index (χ2v) is 6.19. The van der Waals surface area contributed by atoms with Gasteiger partial charge in [-0.3, -0.25) is 4.79 Å². The van der Waals surface area contributed by atoms with E-state index in [0.717, 1.165) is 5.56 Å². The number of aliphatic imine (C=N–C) groups is 1. The topological polar surface area (TPSA) is 58.9 Å². The molecule has 4 nitrogen and oxygen atoms in total. The minimum Gasteiger partial charge on any atom is -0.503 e. The molecule has 0 spiro atoms. The van der Waals surface area contributed by atoms with E-state index in [1.165, 1.54) is 18.9 Å². The van der Waals surface area contributed by atoms with Gasteiger partial charge in [0.25, 0.3) is 5.91 Å². The maximum absolute atomic E-state index is 12.1. The normalized spacial score (nSPS) is 15.8. The van der Waals surface area contributed by atoms with Crippen molar-refractivity contribution in [2.45, 2.75) is 0 Å². The van der Waals surface area contributed by atoms with Crippen LogP contribution in [0.4, 0.5) is 0 Å². The van der Waals surface area contributed by atoms with Gasteiger partial charge in [-0.2, -0.15) is 0 Å². The van der Waals surface area contributed by atoms with Crippen molar-refractivity contribution in [2.75, 3.05) is 7.11 Å². The molecule has 2 aromatic carbocycles. The van der Waals surface area contributed by atoms with Crippen LogP contribution in [0.1, 0.15) is 11.1 Å². The van der Waals surface area contributed by atoms with E-state index in [1.807, 2.05) is 30.3 Å². The first-order valence-electron chi connectivity index (χ1n) is 6.73. The van der Waals surface area contributed by atoms with E-state index in [4.69, 9.17) is 16.3 Å². The number of aromatic hydroxyl groups is 1. The molecule has 0 aromatic heterocycles. The Balaban J connectivity index is 1.91. The van der Waals surface area contributed by atoms with Gasteiger partial charge < -0.3 is 9.84 Å². The molecule has 0 aliphatic carbocycles. The van der Waals surface area contributed by atoms with Gasteiger partial charge in [0.05, 0.1) is 17.0 Å². The maximum atomic E-state index is 12.1. The molecule has 1 amide bonds. The Hall–Kier alpha value is -2.24. The molecule has 0 saturated carbocycles. The summed E-state index contributed by atoms with van der Waals surface area (Å²) in [6.07, 6.45) is 1.68. The van der Waals surface area contributed by atoms with Gasteiger partial charge in [-0.25, -0.2) is 4.99 Å². The lowest BCUT2D eigenvalue weighted by atomic mass is 10.2. The Morgan fingerprint density at radius 2 is 2.00 bits per heavy atom. The van der Waals surface area contributed by atoms with Gasteiger partial charge in [-0.05, 0) is 23.8 Å². The summed E-state index contributed by atoms with van der Waals surface area (Å²) in [6, 6.07) is 12.7. The molecule has 0 radical (unpaired) electrons. The van der Waals surface area contributed by atoms with Gasteiger partial charge >= 0.3 is 0 Å². The molecule has 3 rings (SSSR count). The number of hydrogen-bond donors (Lipinski definition) is 1. The largest absolute Gasteiger partial charge is 0.503 e. The highest BCUT2D eigenvalue weighted by atomic mass is 35.5. The van der Waals surface area contributed by atoms with Crippen molar-refractivity contribution in [2.24, 2.45) is 4.99 Å². The van der Waals surface area contributed by atoms with Crippen LogP contribution >= 0.6 is 23.4 Å². The number of phenolic OH excluding ortho intramolecular Hbond substituents is 1. The number of methoxy groups -OCH3 is 1. The lowest BCUT2D eigenvalue weighted by Crippen LogP contribution is -1.90. The molecule has 0 unspecified atom stereocenters. The van der Waals surface area contributed by atoms with Crippen LogP contribution in [0.2, 0.25) is 5.02 Å². The number of ether oxygens (including phenoxy) is 1. The maximum Gasteiger partial charge on any atom is 0.284 e. The number of benzene rings is 2. The number of carbonyl (C=O) groups is 1. The fraction of sp³-hybridized carbons (Fsp3) is 0.0588. The number of phenols is 1. The SMILES string of the molecule is COc1cc(C=C2SC(c3ccccc3)=NC2=O)cc(Cl)c1O. The average Bonchev–Trinajstić information content (AvgIpc) is 2.92. The van der Waals surface area contributed by atoms with Crippen LogP contribution in [0.15, 0.2) is 52.4 Å². The highest BCUT2D eigenvalue weighted by Gasteiger charge is 2.23. The van der Waals surface area contributed by atoms with Gasteiger partial charge in [-0.1, -0.05) is 53.7 Å². The van der Waals surface area contributed by atoms with E-state index in [-0.39, 0.29) is 22.4 Å². The zero-order valence-electron chi connectivity index (χ0n) is 12.1. The zero-order valence-corrected chi connectivity index (χ0v) is 13.7. The van der Waals surface area contributed by atoms with Crippen LogP contribution in [0, 0.1) is 0 Å². The third kappa shape index (κ3) is 3.25. The van der Waals surface area contributed by atoms with Gasteiger partial charge in [0.15, 0.2) is 11.5 Å². The van der Waals surface area contributed by atoms with E-state index in [0.29, 0.717) is 15.5 Å². The molecule has 0 atom stereocenters. The standard InChI is InChI=1S/C17H12ClNO3S/c1-22-13-8-10(7-12(18)15(13)20)9-14-16(21)19-17(23-14)11-5-3-2-4-6-11/h2-9,20H,1H3. The molecule has 116 valence electrons. The summed E-state index contributed by atoms with van der Waals surface area (Å²) in [7, 11) is 1.44. The molecule has 2 aromatic rings. The Kier molecular flexibility index (Phi) is 4.41. The van der Waals surface area contributed by atoms with E-state index < -0.39 is 0 Å². The highest BCUT2D eigenvalue weighted by molar-refractivity contribution is 8.19. The summed E-state index contributed by atoms with van der Waals surface area (Å²) in [5.74, 6) is -0.163. The van der Waals surface area contributed by atoms with Gasteiger partial charge in [0, 0.05) is 5.56 Å². The first-order valence-corrected chi connectivity index (χ1v) is 7.92. The Morgan fingerprint density at radius 1 is 1.26 bits per heavy atom. The molecule has 23 heavy (non-hydrogen) atoms. The fourth-order valence-corrected chi connectivity index (χ4v) is 3.24. The number of thioether (sulfide) groups is 1. The number of halogens is 1. The number of rotatable bonds is 3. The first-order chi connectivity index (χ1) is 11.1. The van der Waals surface area contributed by atoms with E-state index in [9.17, 15) is 9.90 Å². The molecule has 0 bridgehead atoms. The molecule has 1 aliphatic rings. The predicted octanol–water partition coefficient (Wildman–Crippen LogP) is 4.12. The van der Waals surface area contributed by atoms with Crippen molar-refractivity contribution in [1.29, 1.82) is 0 Å². The summed E-state index contributed by atoms with van der Waals surface area (Å²) >= 11 is 7.27. The lowest BCUT2D eigenvalue weighted by Gasteiger charge is -2.06. The Labute approximate surface area is 142 Å². The number of carbonyl (C=O) groups excluding carboxylic acids is 1. The monoisotopic (exact) mass is 345 g/mol. The van der Waals surface area contributed by atoms with Crippen LogP contribution in [-0.2, 0) is 4.79 Å². The van der Waals surface area contributed by atoms with Crippen LogP contribution in [0.3, 0.4) is 0 Å². The summed E-state index contributed by atoms with van der Waals surface area (Å²) in [5.41, 5.74) is 1.56. The average molecular weight is 346 g/mol. The van der Waals surface area contributed by atoms with Crippen LogP contribution in [0.5, 0.6) is 11.5 Å². The fourth-order valence-electron chi connectivity index (χ4n) is 2.10. The van der Waals surface area contributed by atoms with E-state index in [2.05, 4.69) is 4.99 Å². The van der Waals surface area contributed by atoms with E-state index in [1.54, 1.807) is 18.2 Å². The molecule has 1 heterocycles. The van der Waals surface area contributed by atoms with Gasteiger partial charge in [-0.15, -0.1) is 0 Å². The Bertz CT molecular complexity index is 831. The molecule has 0 fully saturated rings. The molecular formula is C17H12ClNO3S. The van der Waals surface area contributed by atoms with E-state index >= 15 is 0 Å². The van der Waals surface area contributed by atoms with Crippen LogP contribution in [0.25, 0.3) is 6.08 Å². The minimum absolute atomic E-state index is 0.122. The third-order valence-electron chi connectivity index (χ3n) is 3.21. The number of amides is 1. The summed E-state index contributed by atoms with van der Waals surface area (Å²) in [5, 5.41) is 10.6. The van der Waals surface area contributed by atoms with Gasteiger partial charge in [0.1, 0.15) is 5.04 Å². The molecule has 6 heteroatoms. The number of hydrogen-bond acceptors (Lipinski definition) is 4. The second-order valence-electron chi connectivity index (χ2n) is 4.75. The summed E-state index contributed by atoms with van der Waals surface area (Å²) in [4.78, 5) is 16.6. The van der Waals surface area contributed by atoms with Crippen molar-refractivity contribution >= 4 is 40.4 Å². The predicted molar refractivity (Wildman–Crippen MR) is 93.2 cm³/mol. The van der Waals surface area contributed by atoms with Crippen molar-refractivity contribution in [1.82, 2.24) is 0 Å². The lowest BCUT2D eigenvalue weighted by molar-refractivity contribution is -0.113. The third-order valence-corrected chi connectivity index (χ3v) is 4.53. The second kappa shape index (κ2) is 6.48. The summed E-state index contributed by atoms with van der Waals surface area (Å²) < 4.78 is 5.06. The van der Waals surface area contributed by atoms with Crippen molar-refractivity contribution in [3.8, 4) is 11.5 Å². The minimum atomic E-state index is -0.294. The van der Waals surface area contributed by atoms with Gasteiger partial charge in [0.2, 0.25) is 0 Å². The quantitative estimate of drug-likeness (QED) is 0.850. The van der Waals surface area contributed by atoms with Crippen LogP contribution in [-0.4, -0.2) is 23.2 Å². The van der Waals surface area contributed by atoms with Crippen molar-refractivity contribution in [3.63, 3.8) is 0 Å². The molecule has 1 aliphatic heterocycles. The smallest absolute Gasteiger partial charge is 0.284 e. The first kappa shape index (κ1) is 15.6. The molecular weight excluding hydrogens is 334 g/mol. The Morgan fingerprint density at radius 3 is 2.70 bits per heavy atom. The zero-order chi connectivity index (χ0) is 16.4. The van der Waals surface area contributed by atoms with Crippen LogP contribution < -0.4 is 4.74 Å². The summed E-state index contributed by atoms with van der Waals surface area (Å²) in [6.45, 7) is 0. The molecule has 0 saturated heterocycles. The van der Waals surface area contributed by atoms with Crippen molar-refractivity contribution < 1.29 is 14.6 Å². The number of nitrogens with zero attached hydrogens (tertiary/aromatic N) is 1.